The zero-order chi connectivity index (χ0) is 16.8. The van der Waals surface area contributed by atoms with Gasteiger partial charge in [-0.1, -0.05) is 23.4 Å². The summed E-state index contributed by atoms with van der Waals surface area (Å²) in [5, 5.41) is 3.28. The lowest BCUT2D eigenvalue weighted by Gasteiger charge is -2.49. The zero-order valence-electron chi connectivity index (χ0n) is 12.9. The number of carbonyl (C=O) groups excluding carboxylic acids is 1. The largest absolute Gasteiger partial charge is 0.357 e. The van der Waals surface area contributed by atoms with Crippen molar-refractivity contribution < 1.29 is 9.18 Å². The minimum atomic E-state index is -0.742. The number of halogens is 2. The fraction of sp³-hybridized carbons (Fsp3) is 0.429. The Morgan fingerprint density at radius 2 is 2.26 bits per heavy atom. The molecule has 0 unspecified atom stereocenters. The van der Waals surface area contributed by atoms with Crippen molar-refractivity contribution in [2.45, 2.75) is 24.0 Å². The molecule has 0 radical (unpaired) electrons. The first kappa shape index (κ1) is 16.2. The molecule has 9 heteroatoms. The van der Waals surface area contributed by atoms with Crippen LogP contribution in [0.2, 0.25) is 5.15 Å². The van der Waals surface area contributed by atoms with E-state index in [1.54, 1.807) is 13.3 Å². The molecule has 0 saturated carbocycles. The molecule has 1 amide bonds. The van der Waals surface area contributed by atoms with Crippen molar-refractivity contribution in [2.24, 2.45) is 0 Å². The quantitative estimate of drug-likeness (QED) is 0.517. The van der Waals surface area contributed by atoms with Crippen LogP contribution in [-0.2, 0) is 4.79 Å². The molecule has 0 bridgehead atoms. The predicted octanol–water partition coefficient (Wildman–Crippen LogP) is 2.25. The van der Waals surface area contributed by atoms with Gasteiger partial charge in [0, 0.05) is 19.8 Å². The predicted molar refractivity (Wildman–Crippen MR) is 88.5 cm³/mol. The smallest absolute Gasteiger partial charge is 0.245 e. The van der Waals surface area contributed by atoms with E-state index in [1.807, 2.05) is 11.8 Å². The summed E-state index contributed by atoms with van der Waals surface area (Å²) in [4.78, 5) is 26.5. The molecule has 0 spiro atoms. The van der Waals surface area contributed by atoms with Crippen LogP contribution < -0.4 is 10.2 Å². The van der Waals surface area contributed by atoms with Gasteiger partial charge in [0.05, 0.1) is 5.39 Å². The first-order chi connectivity index (χ1) is 10.9. The number of likely N-dealkylation sites (N-methyl/N-ethyl adjacent to an activating group) is 1. The molecule has 23 heavy (non-hydrogen) atoms. The van der Waals surface area contributed by atoms with Crippen LogP contribution in [0.3, 0.4) is 0 Å². The summed E-state index contributed by atoms with van der Waals surface area (Å²) in [6.07, 6.45) is 4.01. The van der Waals surface area contributed by atoms with E-state index in [0.717, 1.165) is 0 Å². The molecule has 2 aromatic heterocycles. The van der Waals surface area contributed by atoms with Gasteiger partial charge in [-0.2, -0.15) is 0 Å². The molecule has 1 saturated heterocycles. The van der Waals surface area contributed by atoms with Gasteiger partial charge in [0.1, 0.15) is 16.9 Å². The average molecular weight is 356 g/mol. The van der Waals surface area contributed by atoms with E-state index < -0.39 is 11.4 Å². The number of nitrogens with one attached hydrogen (secondary N) is 1. The summed E-state index contributed by atoms with van der Waals surface area (Å²) in [5.74, 6) is -0.373. The van der Waals surface area contributed by atoms with Crippen molar-refractivity contribution in [3.8, 4) is 0 Å². The first-order valence-electron chi connectivity index (χ1n) is 6.98. The minimum Gasteiger partial charge on any atom is -0.357 e. The molecular weight excluding hydrogens is 341 g/mol. The number of nitrogens with zero attached hydrogens (tertiary/aromatic N) is 4. The van der Waals surface area contributed by atoms with Gasteiger partial charge in [0.2, 0.25) is 5.91 Å². The van der Waals surface area contributed by atoms with Crippen molar-refractivity contribution >= 4 is 46.0 Å². The third kappa shape index (κ3) is 2.40. The Morgan fingerprint density at radius 3 is 2.83 bits per heavy atom. The van der Waals surface area contributed by atoms with Crippen molar-refractivity contribution in [1.82, 2.24) is 20.3 Å². The molecule has 3 rings (SSSR count). The number of thioether (sulfide) groups is 1. The average Bonchev–Trinajstić information content (AvgIpc) is 2.56. The number of fused-ring (bicyclic) bond motifs is 1. The maximum atomic E-state index is 14.3. The van der Waals surface area contributed by atoms with Gasteiger partial charge in [-0.05, 0) is 19.6 Å². The minimum absolute atomic E-state index is 0.116. The highest BCUT2D eigenvalue weighted by Crippen LogP contribution is 2.39. The van der Waals surface area contributed by atoms with Gasteiger partial charge in [-0.25, -0.2) is 19.3 Å². The molecule has 1 atom stereocenters. The highest BCUT2D eigenvalue weighted by Gasteiger charge is 2.48. The van der Waals surface area contributed by atoms with Crippen LogP contribution in [0, 0.1) is 5.82 Å². The van der Waals surface area contributed by atoms with Crippen LogP contribution in [0.5, 0.6) is 0 Å². The monoisotopic (exact) mass is 355 g/mol. The second-order valence-electron chi connectivity index (χ2n) is 5.41. The highest BCUT2D eigenvalue weighted by atomic mass is 35.5. The first-order valence-corrected chi connectivity index (χ1v) is 8.58. The van der Waals surface area contributed by atoms with Gasteiger partial charge < -0.3 is 10.2 Å². The third-order valence-corrected chi connectivity index (χ3v) is 4.99. The summed E-state index contributed by atoms with van der Waals surface area (Å²) in [6.45, 7) is 2.44. The molecule has 1 fully saturated rings. The van der Waals surface area contributed by atoms with Crippen LogP contribution >= 0.6 is 23.4 Å². The molecular formula is C14H15ClFN5OS. The van der Waals surface area contributed by atoms with Crippen LogP contribution in [0.15, 0.2) is 11.4 Å². The lowest BCUT2D eigenvalue weighted by Crippen LogP contribution is -2.66. The van der Waals surface area contributed by atoms with Gasteiger partial charge >= 0.3 is 0 Å². The maximum absolute atomic E-state index is 14.3. The molecule has 1 aliphatic rings. The molecule has 1 N–H and O–H groups in total. The van der Waals surface area contributed by atoms with Crippen LogP contribution in [0.25, 0.3) is 10.9 Å². The number of pyridine rings is 1. The highest BCUT2D eigenvalue weighted by molar-refractivity contribution is 7.98. The third-order valence-electron chi connectivity index (χ3n) is 4.17. The van der Waals surface area contributed by atoms with Gasteiger partial charge in [-0.15, -0.1) is 0 Å². The number of amides is 1. The second-order valence-corrected chi connectivity index (χ2v) is 6.55. The number of hydrogen-bond donors (Lipinski definition) is 1. The Hall–Kier alpha value is -1.67. The molecule has 0 aromatic carbocycles. The SMILES string of the molecule is CNC(=O)[C@]1(C)CCN1c1nc(Cl)c(F)c2nc(SC)ncc12. The lowest BCUT2D eigenvalue weighted by molar-refractivity contribution is -0.127. The van der Waals surface area contributed by atoms with Crippen molar-refractivity contribution in [2.75, 3.05) is 24.7 Å². The number of rotatable bonds is 3. The van der Waals surface area contributed by atoms with Crippen molar-refractivity contribution in [3.63, 3.8) is 0 Å². The molecule has 2 aromatic rings. The maximum Gasteiger partial charge on any atom is 0.245 e. The number of aromatic nitrogens is 3. The van der Waals surface area contributed by atoms with Crippen molar-refractivity contribution in [1.29, 1.82) is 0 Å². The van der Waals surface area contributed by atoms with E-state index in [9.17, 15) is 9.18 Å². The Kier molecular flexibility index (Phi) is 4.05. The van der Waals surface area contributed by atoms with E-state index in [4.69, 9.17) is 11.6 Å². The molecule has 6 nitrogen and oxygen atoms in total. The topological polar surface area (TPSA) is 71.0 Å². The van der Waals surface area contributed by atoms with Crippen LogP contribution in [0.1, 0.15) is 13.3 Å². The number of carbonyl (C=O) groups is 1. The molecule has 122 valence electrons. The Morgan fingerprint density at radius 1 is 1.52 bits per heavy atom. The number of hydrogen-bond acceptors (Lipinski definition) is 6. The standard InChI is InChI=1S/C14H15ClFN5OS/c1-14(12(22)17-2)4-5-21(14)11-7-6-18-13(23-3)19-9(7)8(16)10(15)20-11/h6H,4-5H2,1-3H3,(H,17,22)/t14-/m0/s1. The summed E-state index contributed by atoms with van der Waals surface area (Å²) in [5.41, 5.74) is -0.626. The Bertz CT molecular complexity index is 804. The fourth-order valence-corrected chi connectivity index (χ4v) is 3.21. The number of anilines is 1. The fourth-order valence-electron chi connectivity index (χ4n) is 2.70. The van der Waals surface area contributed by atoms with E-state index in [0.29, 0.717) is 29.3 Å². The molecule has 0 aliphatic carbocycles. The Balaban J connectivity index is 2.19. The molecule has 3 heterocycles. The van der Waals surface area contributed by atoms with E-state index in [-0.39, 0.29) is 16.6 Å². The lowest BCUT2D eigenvalue weighted by atomic mass is 9.85. The summed E-state index contributed by atoms with van der Waals surface area (Å²) < 4.78 is 14.3. The van der Waals surface area contributed by atoms with Crippen LogP contribution in [-0.4, -0.2) is 46.2 Å². The van der Waals surface area contributed by atoms with Gasteiger partial charge in [0.25, 0.3) is 0 Å². The molecule has 1 aliphatic heterocycles. The van der Waals surface area contributed by atoms with E-state index in [2.05, 4.69) is 20.3 Å². The van der Waals surface area contributed by atoms with Gasteiger partial charge in [-0.3, -0.25) is 4.79 Å². The van der Waals surface area contributed by atoms with Gasteiger partial charge in [0.15, 0.2) is 16.1 Å². The zero-order valence-corrected chi connectivity index (χ0v) is 14.4. The second kappa shape index (κ2) is 5.76. The summed E-state index contributed by atoms with van der Waals surface area (Å²) >= 11 is 7.25. The van der Waals surface area contributed by atoms with Crippen molar-refractivity contribution in [3.05, 3.63) is 17.2 Å². The van der Waals surface area contributed by atoms with E-state index >= 15 is 0 Å². The Labute approximate surface area is 141 Å². The van der Waals surface area contributed by atoms with Crippen LogP contribution in [0.4, 0.5) is 10.2 Å². The summed E-state index contributed by atoms with van der Waals surface area (Å²) in [7, 11) is 1.58. The summed E-state index contributed by atoms with van der Waals surface area (Å²) in [6, 6.07) is 0. The van der Waals surface area contributed by atoms with E-state index in [1.165, 1.54) is 18.0 Å². The normalized spacial score (nSPS) is 20.5.